The van der Waals surface area contributed by atoms with Gasteiger partial charge in [-0.15, -0.1) is 0 Å². The highest BCUT2D eigenvalue weighted by molar-refractivity contribution is 7.80. The van der Waals surface area contributed by atoms with Crippen LogP contribution in [0.2, 0.25) is 0 Å². The number of aromatic nitrogens is 2. The Bertz CT molecular complexity index is 378. The molecule has 18 heavy (non-hydrogen) atoms. The van der Waals surface area contributed by atoms with Gasteiger partial charge in [0.05, 0.1) is 6.20 Å². The van der Waals surface area contributed by atoms with Crippen LogP contribution in [0, 0.1) is 6.92 Å². The second-order valence-electron chi connectivity index (χ2n) is 4.03. The van der Waals surface area contributed by atoms with Gasteiger partial charge >= 0.3 is 0 Å². The molecule has 6 heteroatoms. The van der Waals surface area contributed by atoms with Crippen molar-refractivity contribution in [3.05, 3.63) is 17.5 Å². The summed E-state index contributed by atoms with van der Waals surface area (Å²) < 4.78 is 6.95. The Hall–Kier alpha value is -1.14. The van der Waals surface area contributed by atoms with Crippen LogP contribution >= 0.6 is 12.2 Å². The van der Waals surface area contributed by atoms with Crippen LogP contribution in [0.1, 0.15) is 24.6 Å². The summed E-state index contributed by atoms with van der Waals surface area (Å²) in [4.78, 5) is 0. The summed E-state index contributed by atoms with van der Waals surface area (Å²) in [7, 11) is 1.70. The van der Waals surface area contributed by atoms with Gasteiger partial charge in [0.2, 0.25) is 0 Å². The minimum Gasteiger partial charge on any atom is -0.385 e. The lowest BCUT2D eigenvalue weighted by molar-refractivity contribution is 0.195. The summed E-state index contributed by atoms with van der Waals surface area (Å²) >= 11 is 5.19. The van der Waals surface area contributed by atoms with E-state index in [4.69, 9.17) is 17.0 Å². The number of rotatable bonds is 7. The molecule has 0 aromatic carbocycles. The molecule has 1 rings (SSSR count). The number of hydrogen-bond acceptors (Lipinski definition) is 3. The molecule has 0 spiro atoms. The monoisotopic (exact) mass is 270 g/mol. The number of thiocarbonyl (C=S) groups is 1. The summed E-state index contributed by atoms with van der Waals surface area (Å²) in [5, 5.41) is 11.3. The molecular formula is C12H22N4OS. The maximum Gasteiger partial charge on any atom is 0.166 e. The largest absolute Gasteiger partial charge is 0.385 e. The molecule has 0 aliphatic rings. The minimum atomic E-state index is 0.676. The van der Waals surface area contributed by atoms with E-state index in [1.165, 1.54) is 11.3 Å². The van der Waals surface area contributed by atoms with Gasteiger partial charge in [-0.25, -0.2) is 0 Å². The maximum absolute atomic E-state index is 5.19. The second kappa shape index (κ2) is 8.05. The summed E-state index contributed by atoms with van der Waals surface area (Å²) in [6, 6.07) is 0. The average molecular weight is 270 g/mol. The zero-order valence-corrected chi connectivity index (χ0v) is 12.1. The van der Waals surface area contributed by atoms with Crippen LogP contribution in [0.5, 0.6) is 0 Å². The highest BCUT2D eigenvalue weighted by Crippen LogP contribution is 2.06. The molecule has 0 radical (unpaired) electrons. The molecule has 0 saturated heterocycles. The van der Waals surface area contributed by atoms with Crippen LogP contribution in [0.15, 0.2) is 6.20 Å². The number of methoxy groups -OCH3 is 1. The van der Waals surface area contributed by atoms with Crippen LogP contribution < -0.4 is 10.6 Å². The van der Waals surface area contributed by atoms with Crippen molar-refractivity contribution in [1.82, 2.24) is 20.4 Å². The van der Waals surface area contributed by atoms with E-state index >= 15 is 0 Å². The molecule has 0 atom stereocenters. The Balaban J connectivity index is 2.27. The number of nitrogens with zero attached hydrogens (tertiary/aromatic N) is 2. The fourth-order valence-electron chi connectivity index (χ4n) is 1.63. The maximum atomic E-state index is 5.19. The van der Waals surface area contributed by atoms with Crippen LogP contribution in [0.25, 0.3) is 0 Å². The van der Waals surface area contributed by atoms with E-state index in [0.717, 1.165) is 26.1 Å². The third-order valence-corrected chi connectivity index (χ3v) is 3.04. The molecule has 1 aromatic rings. The molecule has 5 nitrogen and oxygen atoms in total. The Labute approximate surface area is 114 Å². The van der Waals surface area contributed by atoms with Gasteiger partial charge in [0.1, 0.15) is 0 Å². The van der Waals surface area contributed by atoms with Gasteiger partial charge in [-0.1, -0.05) is 0 Å². The average Bonchev–Trinajstić information content (AvgIpc) is 2.73. The Morgan fingerprint density at radius 3 is 2.89 bits per heavy atom. The molecule has 0 unspecified atom stereocenters. The molecule has 1 heterocycles. The van der Waals surface area contributed by atoms with E-state index in [2.05, 4.69) is 29.6 Å². The molecule has 102 valence electrons. The Morgan fingerprint density at radius 1 is 1.50 bits per heavy atom. The van der Waals surface area contributed by atoms with E-state index in [0.29, 0.717) is 11.7 Å². The van der Waals surface area contributed by atoms with Crippen LogP contribution in [-0.2, 0) is 17.8 Å². The number of aryl methyl sites for hydroxylation is 1. The lowest BCUT2D eigenvalue weighted by atomic mass is 10.2. The van der Waals surface area contributed by atoms with E-state index in [9.17, 15) is 0 Å². The van der Waals surface area contributed by atoms with Crippen molar-refractivity contribution < 1.29 is 4.74 Å². The first kappa shape index (κ1) is 14.9. The lowest BCUT2D eigenvalue weighted by Gasteiger charge is -2.10. The lowest BCUT2D eigenvalue weighted by Crippen LogP contribution is -2.35. The van der Waals surface area contributed by atoms with E-state index in [1.807, 2.05) is 10.9 Å². The minimum absolute atomic E-state index is 0.676. The fourth-order valence-corrected chi connectivity index (χ4v) is 1.81. The predicted molar refractivity (Wildman–Crippen MR) is 76.6 cm³/mol. The number of nitrogens with one attached hydrogen (secondary N) is 2. The second-order valence-corrected chi connectivity index (χ2v) is 4.44. The van der Waals surface area contributed by atoms with Crippen molar-refractivity contribution in [3.8, 4) is 0 Å². The van der Waals surface area contributed by atoms with Gasteiger partial charge in [-0.05, 0) is 32.5 Å². The van der Waals surface area contributed by atoms with Crippen LogP contribution in [0.3, 0.4) is 0 Å². The van der Waals surface area contributed by atoms with Crippen molar-refractivity contribution in [2.75, 3.05) is 20.3 Å². The zero-order chi connectivity index (χ0) is 13.4. The summed E-state index contributed by atoms with van der Waals surface area (Å²) in [6.07, 6.45) is 2.84. The van der Waals surface area contributed by atoms with Crippen molar-refractivity contribution in [2.45, 2.75) is 33.4 Å². The van der Waals surface area contributed by atoms with Gasteiger partial charge < -0.3 is 15.4 Å². The highest BCUT2D eigenvalue weighted by atomic mass is 32.1. The number of ether oxygens (including phenoxy) is 1. The topological polar surface area (TPSA) is 51.1 Å². The van der Waals surface area contributed by atoms with E-state index < -0.39 is 0 Å². The predicted octanol–water partition coefficient (Wildman–Crippen LogP) is 1.21. The molecule has 0 aliphatic heterocycles. The van der Waals surface area contributed by atoms with Gasteiger partial charge in [0.15, 0.2) is 5.11 Å². The van der Waals surface area contributed by atoms with Crippen molar-refractivity contribution in [1.29, 1.82) is 0 Å². The van der Waals surface area contributed by atoms with E-state index in [-0.39, 0.29) is 0 Å². The third-order valence-electron chi connectivity index (χ3n) is 2.75. The molecule has 0 saturated carbocycles. The van der Waals surface area contributed by atoms with Gasteiger partial charge in [0, 0.05) is 44.6 Å². The van der Waals surface area contributed by atoms with E-state index in [1.54, 1.807) is 7.11 Å². The van der Waals surface area contributed by atoms with Crippen LogP contribution in [-0.4, -0.2) is 35.2 Å². The smallest absolute Gasteiger partial charge is 0.166 e. The van der Waals surface area contributed by atoms with Gasteiger partial charge in [-0.3, -0.25) is 4.68 Å². The fraction of sp³-hybridized carbons (Fsp3) is 0.667. The third kappa shape index (κ3) is 4.62. The van der Waals surface area contributed by atoms with Gasteiger partial charge in [0.25, 0.3) is 0 Å². The van der Waals surface area contributed by atoms with Gasteiger partial charge in [-0.2, -0.15) is 5.10 Å². The Kier molecular flexibility index (Phi) is 6.67. The first-order valence-electron chi connectivity index (χ1n) is 6.21. The molecule has 1 aromatic heterocycles. The molecule has 0 aliphatic carbocycles. The SMILES string of the molecule is CCn1ncc(CNC(=S)NCCCOC)c1C. The normalized spacial score (nSPS) is 10.4. The summed E-state index contributed by atoms with van der Waals surface area (Å²) in [6.45, 7) is 7.33. The highest BCUT2D eigenvalue weighted by Gasteiger charge is 2.05. The first-order valence-corrected chi connectivity index (χ1v) is 6.61. The van der Waals surface area contributed by atoms with Crippen molar-refractivity contribution >= 4 is 17.3 Å². The molecule has 0 bridgehead atoms. The zero-order valence-electron chi connectivity index (χ0n) is 11.3. The Morgan fingerprint density at radius 2 is 2.28 bits per heavy atom. The standard InChI is InChI=1S/C12H22N4OS/c1-4-16-10(2)11(9-15-16)8-14-12(18)13-6-5-7-17-3/h9H,4-8H2,1-3H3,(H2,13,14,18). The van der Waals surface area contributed by atoms with Crippen molar-refractivity contribution in [2.24, 2.45) is 0 Å². The summed E-state index contributed by atoms with van der Waals surface area (Å²) in [5.74, 6) is 0. The first-order chi connectivity index (χ1) is 8.69. The molecule has 0 amide bonds. The summed E-state index contributed by atoms with van der Waals surface area (Å²) in [5.41, 5.74) is 2.37. The molecule has 0 fully saturated rings. The number of hydrogen-bond donors (Lipinski definition) is 2. The van der Waals surface area contributed by atoms with Crippen molar-refractivity contribution in [3.63, 3.8) is 0 Å². The quantitative estimate of drug-likeness (QED) is 0.576. The molecule has 2 N–H and O–H groups in total. The van der Waals surface area contributed by atoms with Crippen LogP contribution in [0.4, 0.5) is 0 Å². The molecular weight excluding hydrogens is 248 g/mol.